The number of anilines is 1. The van der Waals surface area contributed by atoms with Crippen LogP contribution in [0.5, 0.6) is 5.75 Å². The Balaban J connectivity index is 1.26. The van der Waals surface area contributed by atoms with Gasteiger partial charge in [0.25, 0.3) is 11.8 Å². The summed E-state index contributed by atoms with van der Waals surface area (Å²) < 4.78 is 11.1. The maximum absolute atomic E-state index is 13.6. The number of nitrogens with one attached hydrogen (secondary N) is 2. The van der Waals surface area contributed by atoms with Crippen LogP contribution in [0.2, 0.25) is 0 Å². The van der Waals surface area contributed by atoms with Crippen LogP contribution in [0.1, 0.15) is 43.1 Å². The molecule has 2 aliphatic heterocycles. The lowest BCUT2D eigenvalue weighted by atomic mass is 10.1. The van der Waals surface area contributed by atoms with Crippen LogP contribution < -0.4 is 15.4 Å². The molecule has 0 bridgehead atoms. The lowest BCUT2D eigenvalue weighted by Crippen LogP contribution is -2.56. The van der Waals surface area contributed by atoms with Crippen LogP contribution in [0.3, 0.4) is 0 Å². The Morgan fingerprint density at radius 3 is 2.41 bits per heavy atom. The minimum Gasteiger partial charge on any atom is -0.483 e. The number of rotatable bonds is 13. The van der Waals surface area contributed by atoms with Crippen molar-refractivity contribution in [2.24, 2.45) is 0 Å². The first-order valence-corrected chi connectivity index (χ1v) is 16.6. The van der Waals surface area contributed by atoms with Gasteiger partial charge in [-0.05, 0) is 50.5 Å². The number of nitrogens with zero attached hydrogens (tertiary/aromatic N) is 4. The number of ether oxygens (including phenoxy) is 2. The molecule has 2 saturated heterocycles. The van der Waals surface area contributed by atoms with E-state index in [9.17, 15) is 29.1 Å². The van der Waals surface area contributed by atoms with E-state index in [1.54, 1.807) is 31.2 Å². The number of hydrogen-bond acceptors (Lipinski definition) is 9. The first kappa shape index (κ1) is 34.9. The molecule has 49 heavy (non-hydrogen) atoms. The summed E-state index contributed by atoms with van der Waals surface area (Å²) in [6, 6.07) is 17.2. The molecule has 0 saturated carbocycles. The summed E-state index contributed by atoms with van der Waals surface area (Å²) in [6.45, 7) is 3.85. The van der Waals surface area contributed by atoms with E-state index < -0.39 is 29.9 Å². The first-order valence-electron chi connectivity index (χ1n) is 16.6. The number of para-hydroxylation sites is 2. The fourth-order valence-corrected chi connectivity index (χ4v) is 6.07. The number of carboxylic acid groups (broad SMARTS) is 1. The largest absolute Gasteiger partial charge is 0.483 e. The minimum atomic E-state index is -1.14. The van der Waals surface area contributed by atoms with Crippen molar-refractivity contribution in [3.05, 3.63) is 66.4 Å². The highest BCUT2D eigenvalue weighted by Crippen LogP contribution is 2.26. The number of hydrogen-bond donors (Lipinski definition) is 3. The smallest absolute Gasteiger partial charge is 0.409 e. The van der Waals surface area contributed by atoms with Gasteiger partial charge >= 0.3 is 12.1 Å². The molecule has 3 aromatic rings. The molecule has 2 unspecified atom stereocenters. The van der Waals surface area contributed by atoms with Crippen molar-refractivity contribution in [3.63, 3.8) is 0 Å². The van der Waals surface area contributed by atoms with Crippen LogP contribution in [-0.4, -0.2) is 119 Å². The second-order valence-electron chi connectivity index (χ2n) is 11.9. The van der Waals surface area contributed by atoms with Gasteiger partial charge in [0.15, 0.2) is 6.61 Å². The van der Waals surface area contributed by atoms with Crippen molar-refractivity contribution in [2.75, 3.05) is 57.8 Å². The molecule has 0 spiro atoms. The summed E-state index contributed by atoms with van der Waals surface area (Å²) in [5, 5.41) is 16.0. The zero-order valence-corrected chi connectivity index (χ0v) is 27.5. The molecule has 1 aromatic heterocycles. The van der Waals surface area contributed by atoms with Gasteiger partial charge in [-0.15, -0.1) is 0 Å². The topological polar surface area (TPSA) is 171 Å². The number of fused-ring (bicyclic) bond motifs is 1. The Morgan fingerprint density at radius 2 is 1.67 bits per heavy atom. The standard InChI is InChI=1S/C35H42N6O8/c1-2-48-35(47)40-19-17-39(18-20-40)34(46)28(14-15-32(43)44)38-33(45)29-21-30(26-12-6-7-13-27(26)37-29)49-23-31(42)41-16-8-11-25(41)22-36-24-9-4-3-5-10-24/h3-7,9-10,12-13,21,25,28,36H,2,8,11,14-20,22-23H2,1H3,(H,38,45)(H,43,44). The number of pyridine rings is 1. The summed E-state index contributed by atoms with van der Waals surface area (Å²) in [5.74, 6) is -2.15. The molecule has 14 nitrogen and oxygen atoms in total. The molecule has 2 fully saturated rings. The average molecular weight is 675 g/mol. The van der Waals surface area contributed by atoms with E-state index in [0.29, 0.717) is 24.0 Å². The number of carboxylic acids is 1. The predicted molar refractivity (Wildman–Crippen MR) is 180 cm³/mol. The number of benzene rings is 2. The van der Waals surface area contributed by atoms with Gasteiger partial charge in [-0.3, -0.25) is 19.2 Å². The third-order valence-corrected chi connectivity index (χ3v) is 8.64. The third kappa shape index (κ3) is 9.15. The Morgan fingerprint density at radius 1 is 0.959 bits per heavy atom. The molecule has 3 heterocycles. The molecule has 4 amide bonds. The number of aromatic nitrogens is 1. The van der Waals surface area contributed by atoms with E-state index in [4.69, 9.17) is 9.47 Å². The van der Waals surface area contributed by atoms with Crippen LogP contribution in [0.4, 0.5) is 10.5 Å². The average Bonchev–Trinajstić information content (AvgIpc) is 3.60. The van der Waals surface area contributed by atoms with Gasteiger partial charge in [0, 0.05) is 68.9 Å². The molecule has 2 aliphatic rings. The van der Waals surface area contributed by atoms with Gasteiger partial charge < -0.3 is 39.9 Å². The van der Waals surface area contributed by atoms with Gasteiger partial charge in [-0.1, -0.05) is 30.3 Å². The fraction of sp³-hybridized carbons (Fsp3) is 0.429. The number of piperazine rings is 1. The van der Waals surface area contributed by atoms with E-state index in [2.05, 4.69) is 15.6 Å². The van der Waals surface area contributed by atoms with Gasteiger partial charge in [0.2, 0.25) is 5.91 Å². The highest BCUT2D eigenvalue weighted by molar-refractivity contribution is 5.99. The highest BCUT2D eigenvalue weighted by atomic mass is 16.6. The van der Waals surface area contributed by atoms with Gasteiger partial charge in [0.1, 0.15) is 17.5 Å². The zero-order chi connectivity index (χ0) is 34.8. The molecule has 2 aromatic carbocycles. The Labute approximate surface area is 284 Å². The second-order valence-corrected chi connectivity index (χ2v) is 11.9. The molecule has 0 radical (unpaired) electrons. The normalized spacial score (nSPS) is 16.6. The molecule has 0 aliphatic carbocycles. The van der Waals surface area contributed by atoms with Crippen molar-refractivity contribution < 1.29 is 38.6 Å². The van der Waals surface area contributed by atoms with Crippen LogP contribution in [0.25, 0.3) is 10.9 Å². The van der Waals surface area contributed by atoms with E-state index >= 15 is 0 Å². The summed E-state index contributed by atoms with van der Waals surface area (Å²) >= 11 is 0. The predicted octanol–water partition coefficient (Wildman–Crippen LogP) is 2.98. The Bertz CT molecular complexity index is 1650. The highest BCUT2D eigenvalue weighted by Gasteiger charge is 2.32. The zero-order valence-electron chi connectivity index (χ0n) is 27.5. The maximum atomic E-state index is 13.6. The Kier molecular flexibility index (Phi) is 11.8. The van der Waals surface area contributed by atoms with Crippen LogP contribution in [0.15, 0.2) is 60.7 Å². The maximum Gasteiger partial charge on any atom is 0.409 e. The van der Waals surface area contributed by atoms with Gasteiger partial charge in [0.05, 0.1) is 12.1 Å². The van der Waals surface area contributed by atoms with Crippen molar-refractivity contribution in [1.29, 1.82) is 0 Å². The fourth-order valence-electron chi connectivity index (χ4n) is 6.07. The van der Waals surface area contributed by atoms with Gasteiger partial charge in [-0.2, -0.15) is 0 Å². The van der Waals surface area contributed by atoms with Crippen molar-refractivity contribution in [3.8, 4) is 5.75 Å². The molecule has 5 rings (SSSR count). The monoisotopic (exact) mass is 674 g/mol. The summed E-state index contributed by atoms with van der Waals surface area (Å²) in [5.41, 5.74) is 1.38. The number of carbonyl (C=O) groups is 5. The van der Waals surface area contributed by atoms with Crippen molar-refractivity contribution in [2.45, 2.75) is 44.7 Å². The molecular weight excluding hydrogens is 632 g/mol. The van der Waals surface area contributed by atoms with Crippen molar-refractivity contribution in [1.82, 2.24) is 25.0 Å². The van der Waals surface area contributed by atoms with Crippen LogP contribution >= 0.6 is 0 Å². The van der Waals surface area contributed by atoms with Crippen LogP contribution in [0, 0.1) is 0 Å². The van der Waals surface area contributed by atoms with E-state index in [0.717, 1.165) is 18.5 Å². The lowest BCUT2D eigenvalue weighted by molar-refractivity contribution is -0.138. The second kappa shape index (κ2) is 16.6. The molecule has 260 valence electrons. The van der Waals surface area contributed by atoms with Crippen molar-refractivity contribution >= 4 is 46.4 Å². The summed E-state index contributed by atoms with van der Waals surface area (Å²) in [6.07, 6.45) is 0.807. The van der Waals surface area contributed by atoms with Gasteiger partial charge in [-0.25, -0.2) is 9.78 Å². The van der Waals surface area contributed by atoms with Crippen LogP contribution in [-0.2, 0) is 19.1 Å². The lowest BCUT2D eigenvalue weighted by Gasteiger charge is -2.35. The summed E-state index contributed by atoms with van der Waals surface area (Å²) in [7, 11) is 0. The molecule has 2 atom stereocenters. The quantitative estimate of drug-likeness (QED) is 0.245. The minimum absolute atomic E-state index is 0.0141. The van der Waals surface area contributed by atoms with E-state index in [1.807, 2.05) is 35.2 Å². The number of likely N-dealkylation sites (tertiary alicyclic amines) is 1. The molecular formula is C35H42N6O8. The number of carbonyl (C=O) groups excluding carboxylic acids is 4. The molecule has 14 heteroatoms. The number of amides is 4. The SMILES string of the molecule is CCOC(=O)N1CCN(C(=O)C(CCC(=O)O)NC(=O)c2cc(OCC(=O)N3CCCC3CNc3ccccc3)c3ccccc3n2)CC1. The molecule has 3 N–H and O–H groups in total. The Hall–Kier alpha value is -5.40. The van der Waals surface area contributed by atoms with E-state index in [1.165, 1.54) is 15.9 Å². The van der Waals surface area contributed by atoms with E-state index in [-0.39, 0.29) is 75.6 Å². The summed E-state index contributed by atoms with van der Waals surface area (Å²) in [4.78, 5) is 73.2. The third-order valence-electron chi connectivity index (χ3n) is 8.64. The number of aliphatic carboxylic acids is 1. The first-order chi connectivity index (χ1) is 23.7.